The molecule has 1 aliphatic rings. The Hall–Kier alpha value is -2.61. The number of carbonyl (C=O) groups excluding carboxylic acids is 1. The van der Waals surface area contributed by atoms with Gasteiger partial charge in [0.1, 0.15) is 5.82 Å². The van der Waals surface area contributed by atoms with Crippen molar-refractivity contribution in [2.45, 2.75) is 38.9 Å². The summed E-state index contributed by atoms with van der Waals surface area (Å²) in [6.07, 6.45) is -1.72. The standard InChI is InChI=1S/C23H29F3N4O/c1-3-18-5-7-19(8-6-18)17(2)28-22(31)16-29-11-4-12-30(14-13-29)21-10-9-20(15-27-21)23(24,25)26/h5-10,15,17H,3-4,11-14,16H2,1-2H3,(H,28,31). The van der Waals surface area contributed by atoms with Gasteiger partial charge >= 0.3 is 6.18 Å². The third-order valence-electron chi connectivity index (χ3n) is 5.62. The minimum absolute atomic E-state index is 0.0341. The molecule has 2 aromatic rings. The van der Waals surface area contributed by atoms with Crippen LogP contribution >= 0.6 is 0 Å². The molecule has 168 valence electrons. The van der Waals surface area contributed by atoms with Crippen LogP contribution in [0.1, 0.15) is 43.0 Å². The van der Waals surface area contributed by atoms with Crippen LogP contribution in [0, 0.1) is 0 Å². The van der Waals surface area contributed by atoms with Gasteiger partial charge in [0, 0.05) is 32.4 Å². The summed E-state index contributed by atoms with van der Waals surface area (Å²) in [4.78, 5) is 20.6. The van der Waals surface area contributed by atoms with Gasteiger partial charge in [0.25, 0.3) is 0 Å². The molecule has 1 unspecified atom stereocenters. The molecule has 5 nitrogen and oxygen atoms in total. The smallest absolute Gasteiger partial charge is 0.355 e. The highest BCUT2D eigenvalue weighted by molar-refractivity contribution is 5.78. The number of rotatable bonds is 6. The molecule has 1 atom stereocenters. The van der Waals surface area contributed by atoms with Crippen LogP contribution in [0.2, 0.25) is 0 Å². The van der Waals surface area contributed by atoms with Crippen LogP contribution in [0.5, 0.6) is 0 Å². The number of nitrogens with one attached hydrogen (secondary N) is 1. The molecule has 1 saturated heterocycles. The lowest BCUT2D eigenvalue weighted by Crippen LogP contribution is -2.40. The van der Waals surface area contributed by atoms with Crippen LogP contribution < -0.4 is 10.2 Å². The first-order valence-corrected chi connectivity index (χ1v) is 10.6. The number of anilines is 1. The summed E-state index contributed by atoms with van der Waals surface area (Å²) in [6, 6.07) is 10.7. The van der Waals surface area contributed by atoms with Crippen molar-refractivity contribution in [2.24, 2.45) is 0 Å². The molecule has 1 fully saturated rings. The highest BCUT2D eigenvalue weighted by Crippen LogP contribution is 2.29. The van der Waals surface area contributed by atoms with Gasteiger partial charge in [0.2, 0.25) is 5.91 Å². The van der Waals surface area contributed by atoms with Gasteiger partial charge in [-0.1, -0.05) is 31.2 Å². The first-order valence-electron chi connectivity index (χ1n) is 10.6. The predicted molar refractivity (Wildman–Crippen MR) is 115 cm³/mol. The summed E-state index contributed by atoms with van der Waals surface area (Å²) >= 11 is 0. The van der Waals surface area contributed by atoms with Crippen molar-refractivity contribution in [1.29, 1.82) is 0 Å². The summed E-state index contributed by atoms with van der Waals surface area (Å²) in [5.41, 5.74) is 1.59. The van der Waals surface area contributed by atoms with E-state index in [1.54, 1.807) is 0 Å². The number of carbonyl (C=O) groups is 1. The summed E-state index contributed by atoms with van der Waals surface area (Å²) in [7, 11) is 0. The fourth-order valence-electron chi connectivity index (χ4n) is 3.71. The average Bonchev–Trinajstić information content (AvgIpc) is 2.98. The second-order valence-electron chi connectivity index (χ2n) is 7.90. The Balaban J connectivity index is 1.50. The van der Waals surface area contributed by atoms with Crippen LogP contribution in [0.15, 0.2) is 42.6 Å². The predicted octanol–water partition coefficient (Wildman–Crippen LogP) is 4.05. The Morgan fingerprint density at radius 1 is 1.10 bits per heavy atom. The third-order valence-corrected chi connectivity index (χ3v) is 5.62. The number of alkyl halides is 3. The van der Waals surface area contributed by atoms with Gasteiger partial charge in [-0.3, -0.25) is 9.69 Å². The highest BCUT2D eigenvalue weighted by Gasteiger charge is 2.31. The number of aromatic nitrogens is 1. The highest BCUT2D eigenvalue weighted by atomic mass is 19.4. The second kappa shape index (κ2) is 10.1. The molecular weight excluding hydrogens is 405 g/mol. The zero-order valence-corrected chi connectivity index (χ0v) is 18.0. The average molecular weight is 435 g/mol. The number of aryl methyl sites for hydroxylation is 1. The maximum Gasteiger partial charge on any atom is 0.417 e. The number of hydrogen-bond donors (Lipinski definition) is 1. The zero-order chi connectivity index (χ0) is 22.4. The molecule has 1 aliphatic heterocycles. The lowest BCUT2D eigenvalue weighted by atomic mass is 10.1. The molecule has 0 saturated carbocycles. The van der Waals surface area contributed by atoms with Gasteiger partial charge in [-0.05, 0) is 43.0 Å². The molecule has 3 rings (SSSR count). The number of amides is 1. The number of halogens is 3. The van der Waals surface area contributed by atoms with E-state index < -0.39 is 11.7 Å². The van der Waals surface area contributed by atoms with E-state index in [2.05, 4.69) is 34.3 Å². The van der Waals surface area contributed by atoms with Crippen LogP contribution in [-0.4, -0.2) is 48.5 Å². The van der Waals surface area contributed by atoms with E-state index >= 15 is 0 Å². The number of benzene rings is 1. The topological polar surface area (TPSA) is 48.5 Å². The summed E-state index contributed by atoms with van der Waals surface area (Å²) < 4.78 is 38.2. The van der Waals surface area contributed by atoms with Gasteiger partial charge in [0.05, 0.1) is 18.2 Å². The Labute approximate surface area is 181 Å². The molecule has 0 bridgehead atoms. The van der Waals surface area contributed by atoms with Crippen molar-refractivity contribution in [2.75, 3.05) is 37.6 Å². The fraction of sp³-hybridized carbons (Fsp3) is 0.478. The third kappa shape index (κ3) is 6.43. The van der Waals surface area contributed by atoms with Crippen molar-refractivity contribution in [3.8, 4) is 0 Å². The maximum atomic E-state index is 12.7. The number of pyridine rings is 1. The number of hydrogen-bond acceptors (Lipinski definition) is 4. The minimum atomic E-state index is -4.39. The molecule has 1 N–H and O–H groups in total. The van der Waals surface area contributed by atoms with Gasteiger partial charge < -0.3 is 10.2 Å². The normalized spacial score (nSPS) is 16.6. The first kappa shape index (κ1) is 23.1. The molecule has 1 aromatic carbocycles. The molecule has 0 radical (unpaired) electrons. The molecule has 8 heteroatoms. The molecule has 31 heavy (non-hydrogen) atoms. The fourth-order valence-corrected chi connectivity index (χ4v) is 3.71. The maximum absolute atomic E-state index is 12.7. The summed E-state index contributed by atoms with van der Waals surface area (Å²) in [5, 5.41) is 3.05. The Morgan fingerprint density at radius 2 is 1.84 bits per heavy atom. The lowest BCUT2D eigenvalue weighted by Gasteiger charge is -2.23. The minimum Gasteiger partial charge on any atom is -0.355 e. The first-order chi connectivity index (χ1) is 14.8. The van der Waals surface area contributed by atoms with Gasteiger partial charge in [-0.25, -0.2) is 4.98 Å². The van der Waals surface area contributed by atoms with Crippen LogP contribution in [0.3, 0.4) is 0 Å². The summed E-state index contributed by atoms with van der Waals surface area (Å²) in [5.74, 6) is 0.497. The molecule has 1 aromatic heterocycles. The molecular formula is C23H29F3N4O. The van der Waals surface area contributed by atoms with E-state index in [-0.39, 0.29) is 11.9 Å². The van der Waals surface area contributed by atoms with E-state index in [4.69, 9.17) is 0 Å². The monoisotopic (exact) mass is 434 g/mol. The van der Waals surface area contributed by atoms with Gasteiger partial charge in [0.15, 0.2) is 0 Å². The van der Waals surface area contributed by atoms with Gasteiger partial charge in [-0.2, -0.15) is 13.2 Å². The number of nitrogens with zero attached hydrogens (tertiary/aromatic N) is 3. The van der Waals surface area contributed by atoms with E-state index in [0.29, 0.717) is 32.0 Å². The molecule has 0 spiro atoms. The van der Waals surface area contributed by atoms with Crippen LogP contribution in [0.25, 0.3) is 0 Å². The quantitative estimate of drug-likeness (QED) is 0.745. The van der Waals surface area contributed by atoms with Crippen molar-refractivity contribution in [1.82, 2.24) is 15.2 Å². The largest absolute Gasteiger partial charge is 0.417 e. The lowest BCUT2D eigenvalue weighted by molar-refractivity contribution is -0.137. The van der Waals surface area contributed by atoms with E-state index in [1.807, 2.05) is 24.0 Å². The summed E-state index contributed by atoms with van der Waals surface area (Å²) in [6.45, 7) is 7.08. The Morgan fingerprint density at radius 3 is 2.45 bits per heavy atom. The second-order valence-corrected chi connectivity index (χ2v) is 7.90. The zero-order valence-electron chi connectivity index (χ0n) is 18.0. The molecule has 0 aliphatic carbocycles. The Bertz CT molecular complexity index is 853. The van der Waals surface area contributed by atoms with E-state index in [1.165, 1.54) is 11.6 Å². The Kier molecular flexibility index (Phi) is 7.54. The SMILES string of the molecule is CCc1ccc(C(C)NC(=O)CN2CCCN(c3ccc(C(F)(F)F)cn3)CC2)cc1. The molecule has 2 heterocycles. The van der Waals surface area contributed by atoms with Crippen LogP contribution in [0.4, 0.5) is 19.0 Å². The van der Waals surface area contributed by atoms with E-state index in [0.717, 1.165) is 37.2 Å². The van der Waals surface area contributed by atoms with Crippen molar-refractivity contribution < 1.29 is 18.0 Å². The van der Waals surface area contributed by atoms with Crippen molar-refractivity contribution in [3.63, 3.8) is 0 Å². The van der Waals surface area contributed by atoms with Crippen molar-refractivity contribution >= 4 is 11.7 Å². The van der Waals surface area contributed by atoms with Crippen molar-refractivity contribution in [3.05, 3.63) is 59.3 Å². The van der Waals surface area contributed by atoms with E-state index in [9.17, 15) is 18.0 Å². The van der Waals surface area contributed by atoms with Crippen LogP contribution in [-0.2, 0) is 17.4 Å². The molecule has 1 amide bonds. The van der Waals surface area contributed by atoms with Gasteiger partial charge in [-0.15, -0.1) is 0 Å².